The lowest BCUT2D eigenvalue weighted by Crippen LogP contribution is -2.22. The molecule has 0 heterocycles. The van der Waals surface area contributed by atoms with Crippen LogP contribution in [0, 0.1) is 0 Å². The van der Waals surface area contributed by atoms with Crippen molar-refractivity contribution < 1.29 is 32.3 Å². The summed E-state index contributed by atoms with van der Waals surface area (Å²) in [5.74, 6) is -2.16. The zero-order valence-electron chi connectivity index (χ0n) is 15.2. The number of rotatable bonds is 7. The Morgan fingerprint density at radius 1 is 0.933 bits per heavy atom. The Morgan fingerprint density at radius 2 is 1.67 bits per heavy atom. The van der Waals surface area contributed by atoms with Crippen LogP contribution in [0.25, 0.3) is 0 Å². The van der Waals surface area contributed by atoms with Gasteiger partial charge in [0.25, 0.3) is 5.91 Å². The van der Waals surface area contributed by atoms with Gasteiger partial charge in [-0.05, 0) is 36.4 Å². The van der Waals surface area contributed by atoms with E-state index in [1.807, 2.05) is 0 Å². The minimum absolute atomic E-state index is 0.0533. The number of ether oxygens (including phenoxy) is 1. The number of halogens is 5. The van der Waals surface area contributed by atoms with Gasteiger partial charge < -0.3 is 15.4 Å². The van der Waals surface area contributed by atoms with Crippen molar-refractivity contribution in [2.75, 3.05) is 17.2 Å². The zero-order valence-corrected chi connectivity index (χ0v) is 16.7. The lowest BCUT2D eigenvalue weighted by Gasteiger charge is -2.10. The van der Waals surface area contributed by atoms with E-state index in [1.54, 1.807) is 0 Å². The lowest BCUT2D eigenvalue weighted by molar-refractivity contribution is -0.147. The molecular weight excluding hydrogens is 448 g/mol. The summed E-state index contributed by atoms with van der Waals surface area (Å²) in [4.78, 5) is 35.3. The van der Waals surface area contributed by atoms with Crippen molar-refractivity contribution in [1.82, 2.24) is 0 Å². The smallest absolute Gasteiger partial charge is 0.416 e. The topological polar surface area (TPSA) is 84.5 Å². The molecule has 0 aromatic heterocycles. The van der Waals surface area contributed by atoms with E-state index in [2.05, 4.69) is 10.6 Å². The highest BCUT2D eigenvalue weighted by Crippen LogP contribution is 2.30. The van der Waals surface area contributed by atoms with Crippen LogP contribution in [-0.4, -0.2) is 24.4 Å². The molecule has 0 radical (unpaired) electrons. The molecule has 0 fully saturated rings. The van der Waals surface area contributed by atoms with E-state index in [9.17, 15) is 27.6 Å². The van der Waals surface area contributed by atoms with Crippen molar-refractivity contribution in [3.05, 3.63) is 58.1 Å². The number of hydrogen-bond acceptors (Lipinski definition) is 4. The van der Waals surface area contributed by atoms with E-state index in [0.717, 1.165) is 18.2 Å². The molecule has 0 unspecified atom stereocenters. The fraction of sp³-hybridized carbons (Fsp3) is 0.211. The van der Waals surface area contributed by atoms with Crippen molar-refractivity contribution in [3.8, 4) is 0 Å². The molecule has 2 rings (SSSR count). The standard InChI is InChI=1S/C19H15Cl2F3N2O4/c20-12-4-5-15(14(21)9-12)26-17(28)10-30-18(29)7-6-16(27)25-13-3-1-2-11(8-13)19(22,23)24/h1-5,8-9H,6-7,10H2,(H,25,27)(H,26,28). The first-order valence-electron chi connectivity index (χ1n) is 8.42. The lowest BCUT2D eigenvalue weighted by atomic mass is 10.2. The molecule has 2 N–H and O–H groups in total. The first-order chi connectivity index (χ1) is 14.0. The van der Waals surface area contributed by atoms with Gasteiger partial charge in [0.05, 0.1) is 22.7 Å². The van der Waals surface area contributed by atoms with Crippen LogP contribution in [0.2, 0.25) is 10.0 Å². The normalized spacial score (nSPS) is 11.0. The number of alkyl halides is 3. The highest BCUT2D eigenvalue weighted by atomic mass is 35.5. The Balaban J connectivity index is 1.75. The fourth-order valence-corrected chi connectivity index (χ4v) is 2.66. The SMILES string of the molecule is O=C(CCC(=O)OCC(=O)Nc1ccc(Cl)cc1Cl)Nc1cccc(C(F)(F)F)c1. The molecule has 2 aromatic carbocycles. The van der Waals surface area contributed by atoms with Crippen LogP contribution >= 0.6 is 23.2 Å². The number of hydrogen-bond donors (Lipinski definition) is 2. The number of esters is 1. The van der Waals surface area contributed by atoms with Gasteiger partial charge in [0.2, 0.25) is 5.91 Å². The second-order valence-corrected chi connectivity index (χ2v) is 6.80. The molecule has 0 spiro atoms. The van der Waals surface area contributed by atoms with Crippen LogP contribution in [0.3, 0.4) is 0 Å². The highest BCUT2D eigenvalue weighted by Gasteiger charge is 2.30. The molecule has 0 aliphatic carbocycles. The largest absolute Gasteiger partial charge is 0.456 e. The molecule has 0 saturated carbocycles. The average molecular weight is 463 g/mol. The molecule has 160 valence electrons. The van der Waals surface area contributed by atoms with Gasteiger partial charge in [-0.15, -0.1) is 0 Å². The minimum Gasteiger partial charge on any atom is -0.456 e. The summed E-state index contributed by atoms with van der Waals surface area (Å²) in [5.41, 5.74) is -0.684. The highest BCUT2D eigenvalue weighted by molar-refractivity contribution is 6.36. The molecule has 2 aromatic rings. The number of benzene rings is 2. The third kappa shape index (κ3) is 7.57. The van der Waals surface area contributed by atoms with Crippen LogP contribution in [0.1, 0.15) is 18.4 Å². The van der Waals surface area contributed by atoms with E-state index in [1.165, 1.54) is 24.3 Å². The van der Waals surface area contributed by atoms with E-state index < -0.39 is 36.1 Å². The van der Waals surface area contributed by atoms with Crippen LogP contribution in [0.5, 0.6) is 0 Å². The first-order valence-corrected chi connectivity index (χ1v) is 9.18. The second kappa shape index (κ2) is 10.3. The number of carbonyl (C=O) groups excluding carboxylic acids is 3. The molecular formula is C19H15Cl2F3N2O4. The summed E-state index contributed by atoms with van der Waals surface area (Å²) in [5, 5.41) is 5.28. The summed E-state index contributed by atoms with van der Waals surface area (Å²) in [6.07, 6.45) is -5.24. The van der Waals surface area contributed by atoms with Crippen molar-refractivity contribution in [2.45, 2.75) is 19.0 Å². The van der Waals surface area contributed by atoms with Gasteiger partial charge in [-0.1, -0.05) is 29.3 Å². The van der Waals surface area contributed by atoms with Crippen molar-refractivity contribution in [1.29, 1.82) is 0 Å². The second-order valence-electron chi connectivity index (χ2n) is 5.96. The van der Waals surface area contributed by atoms with Gasteiger partial charge >= 0.3 is 12.1 Å². The number of anilines is 2. The fourth-order valence-electron chi connectivity index (χ4n) is 2.21. The number of nitrogens with one attached hydrogen (secondary N) is 2. The number of carbonyl (C=O) groups is 3. The van der Waals surface area contributed by atoms with E-state index in [0.29, 0.717) is 5.02 Å². The molecule has 30 heavy (non-hydrogen) atoms. The maximum absolute atomic E-state index is 12.7. The van der Waals surface area contributed by atoms with Crippen LogP contribution < -0.4 is 10.6 Å². The van der Waals surface area contributed by atoms with E-state index in [-0.39, 0.29) is 29.2 Å². The molecule has 0 aliphatic heterocycles. The monoisotopic (exact) mass is 462 g/mol. The average Bonchev–Trinajstić information content (AvgIpc) is 2.66. The van der Waals surface area contributed by atoms with Gasteiger partial charge in [-0.2, -0.15) is 13.2 Å². The predicted molar refractivity (Wildman–Crippen MR) is 105 cm³/mol. The Bertz CT molecular complexity index is 952. The maximum Gasteiger partial charge on any atom is 0.416 e. The van der Waals surface area contributed by atoms with Gasteiger partial charge in [0.15, 0.2) is 6.61 Å². The van der Waals surface area contributed by atoms with Crippen molar-refractivity contribution in [2.24, 2.45) is 0 Å². The Labute approximate surface area is 179 Å². The summed E-state index contributed by atoms with van der Waals surface area (Å²) >= 11 is 11.7. The maximum atomic E-state index is 12.7. The van der Waals surface area contributed by atoms with Crippen molar-refractivity contribution >= 4 is 52.4 Å². The first kappa shape index (κ1) is 23.5. The molecule has 0 aliphatic rings. The molecule has 0 bridgehead atoms. The summed E-state index contributed by atoms with van der Waals surface area (Å²) in [6.45, 7) is -0.604. The van der Waals surface area contributed by atoms with Gasteiger partial charge in [0, 0.05) is 17.1 Å². The third-order valence-corrected chi connectivity index (χ3v) is 4.15. The summed E-state index contributed by atoms with van der Waals surface area (Å²) in [6, 6.07) is 8.50. The Kier molecular flexibility index (Phi) is 8.08. The number of amides is 2. The van der Waals surface area contributed by atoms with Gasteiger partial charge in [-0.3, -0.25) is 14.4 Å². The summed E-state index contributed by atoms with van der Waals surface area (Å²) in [7, 11) is 0. The summed E-state index contributed by atoms with van der Waals surface area (Å²) < 4.78 is 42.8. The minimum atomic E-state index is -4.54. The van der Waals surface area contributed by atoms with E-state index >= 15 is 0 Å². The molecule has 0 saturated heterocycles. The quantitative estimate of drug-likeness (QED) is 0.572. The molecule has 0 atom stereocenters. The molecule has 6 nitrogen and oxygen atoms in total. The third-order valence-electron chi connectivity index (χ3n) is 3.60. The van der Waals surface area contributed by atoms with Crippen molar-refractivity contribution in [3.63, 3.8) is 0 Å². The Hall–Kier alpha value is -2.78. The predicted octanol–water partition coefficient (Wildman–Crippen LogP) is 4.91. The Morgan fingerprint density at radius 3 is 2.33 bits per heavy atom. The molecule has 2 amide bonds. The van der Waals surface area contributed by atoms with Crippen LogP contribution in [0.15, 0.2) is 42.5 Å². The molecule has 11 heteroatoms. The van der Waals surface area contributed by atoms with E-state index in [4.69, 9.17) is 27.9 Å². The zero-order chi connectivity index (χ0) is 22.3. The van der Waals surface area contributed by atoms with Crippen LogP contribution in [-0.2, 0) is 25.3 Å². The van der Waals surface area contributed by atoms with Gasteiger partial charge in [-0.25, -0.2) is 0 Å². The van der Waals surface area contributed by atoms with Crippen LogP contribution in [0.4, 0.5) is 24.5 Å². The van der Waals surface area contributed by atoms with Gasteiger partial charge in [0.1, 0.15) is 0 Å².